The Hall–Kier alpha value is -0.530. The molecule has 1 heterocycles. The molecule has 1 aromatic carbocycles. The minimum absolute atomic E-state index is 0. The van der Waals surface area contributed by atoms with Gasteiger partial charge in [0.1, 0.15) is 0 Å². The smallest absolute Gasteiger partial charge is 0.0320 e. The normalized spacial score (nSPS) is 19.9. The molecule has 2 heteroatoms. The summed E-state index contributed by atoms with van der Waals surface area (Å²) in [5, 5.41) is 3.52. The van der Waals surface area contributed by atoms with Gasteiger partial charge >= 0.3 is 0 Å². The van der Waals surface area contributed by atoms with Crippen LogP contribution in [0.2, 0.25) is 0 Å². The first-order chi connectivity index (χ1) is 6.90. The summed E-state index contributed by atoms with van der Waals surface area (Å²) in [5.74, 6) is 0. The number of nitrogens with one attached hydrogen (secondary N) is 1. The van der Waals surface area contributed by atoms with Crippen molar-refractivity contribution >= 4 is 12.4 Å². The Kier molecular flexibility index (Phi) is 5.13. The highest BCUT2D eigenvalue weighted by molar-refractivity contribution is 5.85. The zero-order chi connectivity index (χ0) is 9.80. The summed E-state index contributed by atoms with van der Waals surface area (Å²) in [5.41, 5.74) is 2.93. The maximum Gasteiger partial charge on any atom is 0.0320 e. The van der Waals surface area contributed by atoms with Crippen LogP contribution in [0.15, 0.2) is 24.3 Å². The molecular formula is C13H20ClN. The van der Waals surface area contributed by atoms with E-state index in [4.69, 9.17) is 0 Å². The van der Waals surface area contributed by atoms with Crippen molar-refractivity contribution in [2.75, 3.05) is 6.54 Å². The van der Waals surface area contributed by atoms with Crippen LogP contribution in [0, 0.1) is 0 Å². The van der Waals surface area contributed by atoms with Gasteiger partial charge in [0.2, 0.25) is 0 Å². The second-order valence-electron chi connectivity index (χ2n) is 4.14. The first-order valence-corrected chi connectivity index (χ1v) is 5.72. The first kappa shape index (κ1) is 12.5. The van der Waals surface area contributed by atoms with E-state index in [2.05, 4.69) is 36.5 Å². The van der Waals surface area contributed by atoms with E-state index in [-0.39, 0.29) is 12.4 Å². The fraction of sp³-hybridized carbons (Fsp3) is 0.538. The van der Waals surface area contributed by atoms with Crippen molar-refractivity contribution in [3.8, 4) is 0 Å². The number of hydrogen-bond donors (Lipinski definition) is 1. The second-order valence-corrected chi connectivity index (χ2v) is 4.14. The molecule has 0 amide bonds. The lowest BCUT2D eigenvalue weighted by molar-refractivity contribution is 0.647. The van der Waals surface area contributed by atoms with Crippen molar-refractivity contribution in [3.63, 3.8) is 0 Å². The van der Waals surface area contributed by atoms with Crippen LogP contribution in [0.3, 0.4) is 0 Å². The van der Waals surface area contributed by atoms with Gasteiger partial charge in [0.05, 0.1) is 0 Å². The molecular weight excluding hydrogens is 206 g/mol. The van der Waals surface area contributed by atoms with Gasteiger partial charge in [-0.2, -0.15) is 0 Å². The lowest BCUT2D eigenvalue weighted by Crippen LogP contribution is -2.12. The topological polar surface area (TPSA) is 12.0 Å². The Bertz CT molecular complexity index is 275. The van der Waals surface area contributed by atoms with Crippen LogP contribution in [0.5, 0.6) is 0 Å². The molecule has 0 radical (unpaired) electrons. The molecule has 0 bridgehead atoms. The average molecular weight is 226 g/mol. The van der Waals surface area contributed by atoms with Gasteiger partial charge in [0, 0.05) is 6.04 Å². The van der Waals surface area contributed by atoms with Crippen LogP contribution in [0.4, 0.5) is 0 Å². The Labute approximate surface area is 98.7 Å². The third-order valence-corrected chi connectivity index (χ3v) is 2.98. The predicted octanol–water partition coefficient (Wildman–Crippen LogP) is 3.49. The SMILES string of the molecule is CCCc1ccc([C@@H]2CCCN2)cc1.Cl. The lowest BCUT2D eigenvalue weighted by atomic mass is 10.0. The number of rotatable bonds is 3. The highest BCUT2D eigenvalue weighted by Gasteiger charge is 2.15. The van der Waals surface area contributed by atoms with Crippen molar-refractivity contribution < 1.29 is 0 Å². The van der Waals surface area contributed by atoms with Gasteiger partial charge in [-0.25, -0.2) is 0 Å². The third kappa shape index (κ3) is 3.22. The molecule has 0 aromatic heterocycles. The molecule has 1 aromatic rings. The number of benzene rings is 1. The van der Waals surface area contributed by atoms with E-state index in [0.717, 1.165) is 0 Å². The Morgan fingerprint density at radius 3 is 2.53 bits per heavy atom. The maximum atomic E-state index is 3.52. The maximum absolute atomic E-state index is 3.52. The monoisotopic (exact) mass is 225 g/mol. The zero-order valence-corrected chi connectivity index (χ0v) is 10.1. The molecule has 0 aliphatic carbocycles. The molecule has 1 aliphatic rings. The Balaban J connectivity index is 0.00000112. The summed E-state index contributed by atoms with van der Waals surface area (Å²) < 4.78 is 0. The van der Waals surface area contributed by atoms with E-state index >= 15 is 0 Å². The standard InChI is InChI=1S/C13H19N.ClH/c1-2-4-11-6-8-12(9-7-11)13-5-3-10-14-13;/h6-9,13-14H,2-5,10H2,1H3;1H/t13-;/m0./s1. The van der Waals surface area contributed by atoms with Crippen LogP contribution >= 0.6 is 12.4 Å². The highest BCUT2D eigenvalue weighted by atomic mass is 35.5. The number of hydrogen-bond acceptors (Lipinski definition) is 1. The minimum Gasteiger partial charge on any atom is -0.310 e. The van der Waals surface area contributed by atoms with Crippen molar-refractivity contribution in [2.24, 2.45) is 0 Å². The Morgan fingerprint density at radius 1 is 1.27 bits per heavy atom. The van der Waals surface area contributed by atoms with Crippen LogP contribution < -0.4 is 5.32 Å². The number of halogens is 1. The van der Waals surface area contributed by atoms with E-state index < -0.39 is 0 Å². The fourth-order valence-corrected chi connectivity index (χ4v) is 2.17. The molecule has 1 fully saturated rings. The molecule has 2 rings (SSSR count). The molecule has 1 saturated heterocycles. The predicted molar refractivity (Wildman–Crippen MR) is 67.7 cm³/mol. The van der Waals surface area contributed by atoms with Crippen molar-refractivity contribution in [1.82, 2.24) is 5.32 Å². The van der Waals surface area contributed by atoms with Gasteiger partial charge in [-0.15, -0.1) is 12.4 Å². The summed E-state index contributed by atoms with van der Waals surface area (Å²) >= 11 is 0. The van der Waals surface area contributed by atoms with Gasteiger partial charge < -0.3 is 5.32 Å². The van der Waals surface area contributed by atoms with E-state index in [1.54, 1.807) is 0 Å². The van der Waals surface area contributed by atoms with Gasteiger partial charge in [0.25, 0.3) is 0 Å². The van der Waals surface area contributed by atoms with Crippen molar-refractivity contribution in [3.05, 3.63) is 35.4 Å². The van der Waals surface area contributed by atoms with Crippen molar-refractivity contribution in [1.29, 1.82) is 0 Å². The molecule has 84 valence electrons. The quantitative estimate of drug-likeness (QED) is 0.831. The van der Waals surface area contributed by atoms with Gasteiger partial charge in [0.15, 0.2) is 0 Å². The van der Waals surface area contributed by atoms with E-state index in [1.165, 1.54) is 43.4 Å². The molecule has 15 heavy (non-hydrogen) atoms. The third-order valence-electron chi connectivity index (χ3n) is 2.98. The van der Waals surface area contributed by atoms with Crippen LogP contribution in [-0.2, 0) is 6.42 Å². The molecule has 1 N–H and O–H groups in total. The zero-order valence-electron chi connectivity index (χ0n) is 9.33. The lowest BCUT2D eigenvalue weighted by Gasteiger charge is -2.10. The molecule has 0 unspecified atom stereocenters. The van der Waals surface area contributed by atoms with E-state index in [0.29, 0.717) is 6.04 Å². The molecule has 1 aliphatic heterocycles. The van der Waals surface area contributed by atoms with Gasteiger partial charge in [-0.05, 0) is 36.9 Å². The van der Waals surface area contributed by atoms with Gasteiger partial charge in [-0.1, -0.05) is 37.6 Å². The minimum atomic E-state index is 0. The summed E-state index contributed by atoms with van der Waals surface area (Å²) in [7, 11) is 0. The van der Waals surface area contributed by atoms with Crippen molar-refractivity contribution in [2.45, 2.75) is 38.6 Å². The van der Waals surface area contributed by atoms with Crippen LogP contribution in [0.25, 0.3) is 0 Å². The van der Waals surface area contributed by atoms with E-state index in [9.17, 15) is 0 Å². The highest BCUT2D eigenvalue weighted by Crippen LogP contribution is 2.23. The summed E-state index contributed by atoms with van der Waals surface area (Å²) in [6.07, 6.45) is 5.06. The second kappa shape index (κ2) is 6.14. The van der Waals surface area contributed by atoms with Crippen LogP contribution in [-0.4, -0.2) is 6.54 Å². The average Bonchev–Trinajstić information content (AvgIpc) is 2.72. The molecule has 0 saturated carbocycles. The largest absolute Gasteiger partial charge is 0.310 e. The summed E-state index contributed by atoms with van der Waals surface area (Å²) in [6, 6.07) is 9.74. The first-order valence-electron chi connectivity index (χ1n) is 5.72. The molecule has 1 nitrogen and oxygen atoms in total. The molecule has 0 spiro atoms. The fourth-order valence-electron chi connectivity index (χ4n) is 2.17. The Morgan fingerprint density at radius 2 is 2.00 bits per heavy atom. The number of aryl methyl sites for hydroxylation is 1. The summed E-state index contributed by atoms with van der Waals surface area (Å²) in [6.45, 7) is 3.41. The molecule has 1 atom stereocenters. The van der Waals surface area contributed by atoms with Crippen LogP contribution in [0.1, 0.15) is 43.4 Å². The summed E-state index contributed by atoms with van der Waals surface area (Å²) in [4.78, 5) is 0. The van der Waals surface area contributed by atoms with Gasteiger partial charge in [-0.3, -0.25) is 0 Å². The van der Waals surface area contributed by atoms with E-state index in [1.807, 2.05) is 0 Å².